The van der Waals surface area contributed by atoms with Crippen LogP contribution in [0.25, 0.3) is 5.57 Å². The van der Waals surface area contributed by atoms with Crippen molar-refractivity contribution in [2.75, 3.05) is 0 Å². The van der Waals surface area contributed by atoms with Crippen molar-refractivity contribution in [1.82, 2.24) is 0 Å². The second-order valence-corrected chi connectivity index (χ2v) is 16.6. The van der Waals surface area contributed by atoms with Crippen molar-refractivity contribution in [3.63, 3.8) is 0 Å². The van der Waals surface area contributed by atoms with Crippen LogP contribution in [-0.2, 0) is 33.3 Å². The molecule has 3 aromatic rings. The number of halogens is 3. The maximum absolute atomic E-state index is 2.58. The molecule has 0 N–H and O–H groups in total. The predicted octanol–water partition coefficient (Wildman–Crippen LogP) is 0.815. The second-order valence-electron chi connectivity index (χ2n) is 12.4. The summed E-state index contributed by atoms with van der Waals surface area (Å²) in [7, 11) is -1.47. The van der Waals surface area contributed by atoms with Gasteiger partial charge in [0.15, 0.2) is 0 Å². The predicted molar refractivity (Wildman–Crippen MR) is 180 cm³/mol. The zero-order valence-electron chi connectivity index (χ0n) is 27.5. The van der Waals surface area contributed by atoms with Crippen molar-refractivity contribution < 1.29 is 57.7 Å². The number of allylic oxidation sites excluding steroid dienone is 4. The Labute approximate surface area is 301 Å². The minimum Gasteiger partial charge on any atom is -1.00 e. The number of hydrogen-bond acceptors (Lipinski definition) is 0. The van der Waals surface area contributed by atoms with Crippen LogP contribution < -0.4 is 47.6 Å². The van der Waals surface area contributed by atoms with E-state index < -0.39 is 8.80 Å². The third-order valence-corrected chi connectivity index (χ3v) is 14.8. The van der Waals surface area contributed by atoms with E-state index in [-0.39, 0.29) is 40.9 Å². The van der Waals surface area contributed by atoms with Gasteiger partial charge in [-0.3, -0.25) is 0 Å². The third kappa shape index (κ3) is 10.2. The monoisotopic (exact) mass is 700 g/mol. The Balaban J connectivity index is 0.00000323. The van der Waals surface area contributed by atoms with E-state index in [2.05, 4.69) is 134 Å². The van der Waals surface area contributed by atoms with Crippen LogP contribution in [0.2, 0.25) is 9.76 Å². The fourth-order valence-corrected chi connectivity index (χ4v) is 11.9. The van der Waals surface area contributed by atoms with E-state index in [1.54, 1.807) is 32.6 Å². The SMILES string of the molecule is CCCCCCc1cc(CCCCCC)cc(C2=C(C)C(C)=C(C)[C]2([Ti+3])C[SiH](c2ccccc2)c2ccccc2)c1.[Cl-].[Cl-].[Cl-]. The smallest absolute Gasteiger partial charge is 1.00 e. The Morgan fingerprint density at radius 1 is 0.591 bits per heavy atom. The molecule has 0 spiro atoms. The van der Waals surface area contributed by atoms with Gasteiger partial charge >= 0.3 is 266 Å². The first-order valence-corrected chi connectivity index (χ1v) is 19.0. The largest absolute Gasteiger partial charge is 1.00 e. The molecule has 0 aliphatic heterocycles. The molecule has 1 aliphatic rings. The molecule has 1 atom stereocenters. The van der Waals surface area contributed by atoms with Crippen LogP contribution in [0.5, 0.6) is 0 Å². The van der Waals surface area contributed by atoms with Crippen LogP contribution in [0, 0.1) is 0 Å². The Hall–Kier alpha value is -1.06. The van der Waals surface area contributed by atoms with Crippen molar-refractivity contribution in [1.29, 1.82) is 0 Å². The van der Waals surface area contributed by atoms with Gasteiger partial charge < -0.3 is 37.2 Å². The molecule has 4 rings (SSSR count). The normalized spacial score (nSPS) is 16.1. The van der Waals surface area contributed by atoms with Crippen LogP contribution in [0.1, 0.15) is 103 Å². The summed E-state index contributed by atoms with van der Waals surface area (Å²) in [6, 6.07) is 31.7. The minimum absolute atomic E-state index is 0. The van der Waals surface area contributed by atoms with Crippen LogP contribution in [-0.4, -0.2) is 8.80 Å². The summed E-state index contributed by atoms with van der Waals surface area (Å²) in [4.78, 5) is 0. The molecule has 0 fully saturated rings. The molecule has 0 saturated carbocycles. The zero-order valence-corrected chi connectivity index (χ0v) is 32.5. The van der Waals surface area contributed by atoms with Gasteiger partial charge in [0.25, 0.3) is 0 Å². The van der Waals surface area contributed by atoms with E-state index in [4.69, 9.17) is 0 Å². The molecule has 0 saturated heterocycles. The van der Waals surface area contributed by atoms with Crippen LogP contribution in [0.15, 0.2) is 95.6 Å². The zero-order chi connectivity index (χ0) is 29.2. The fourth-order valence-electron chi connectivity index (χ4n) is 6.83. The standard InChI is InChI=1S/C39H51Si.3ClH.Ti/c1-6-8-10-14-20-33-26-34(21-15-11-9-7-2)28-35(27-33)39-32(5)30(3)31(4)38(39)29-40(36-22-16-12-17-23-36)37-24-18-13-19-25-37;;;;/h12-13,16-19,22-28,40H,6-11,14-15,20-21,29H2,1-5H3;3*1H;/q;;;;+3/p-3. The molecule has 0 radical (unpaired) electrons. The average molecular weight is 702 g/mol. The van der Waals surface area contributed by atoms with Crippen molar-refractivity contribution >= 4 is 24.7 Å². The molecule has 0 amide bonds. The summed E-state index contributed by atoms with van der Waals surface area (Å²) in [5, 5.41) is 3.10. The number of hydrogen-bond donors (Lipinski definition) is 0. The van der Waals surface area contributed by atoms with Gasteiger partial charge in [-0.25, -0.2) is 0 Å². The Morgan fingerprint density at radius 2 is 1.05 bits per heavy atom. The van der Waals surface area contributed by atoms with E-state index in [0.29, 0.717) is 0 Å². The van der Waals surface area contributed by atoms with Gasteiger partial charge in [-0.1, -0.05) is 0 Å². The Bertz CT molecular complexity index is 1270. The fraction of sp³-hybridized carbons (Fsp3) is 0.436. The van der Waals surface area contributed by atoms with E-state index in [1.807, 2.05) is 0 Å². The first-order chi connectivity index (χ1) is 19.9. The third-order valence-electron chi connectivity index (χ3n) is 9.46. The van der Waals surface area contributed by atoms with Gasteiger partial charge in [0.1, 0.15) is 0 Å². The van der Waals surface area contributed by atoms with Gasteiger partial charge in [-0.2, -0.15) is 0 Å². The molecule has 44 heavy (non-hydrogen) atoms. The first kappa shape index (κ1) is 41.0. The molecule has 0 heterocycles. The molecular formula is C39H51Cl3SiTi. The van der Waals surface area contributed by atoms with Crippen molar-refractivity contribution in [3.05, 3.63) is 112 Å². The Morgan fingerprint density at radius 3 is 1.48 bits per heavy atom. The number of rotatable bonds is 15. The van der Waals surface area contributed by atoms with Gasteiger partial charge in [0, 0.05) is 0 Å². The summed E-state index contributed by atoms with van der Waals surface area (Å²) in [5.74, 6) is 0. The van der Waals surface area contributed by atoms with Crippen molar-refractivity contribution in [3.8, 4) is 0 Å². The Kier molecular flexibility index (Phi) is 18.8. The van der Waals surface area contributed by atoms with E-state index >= 15 is 0 Å². The first-order valence-electron chi connectivity index (χ1n) is 16.3. The molecule has 0 aromatic heterocycles. The minimum atomic E-state index is -1.47. The topological polar surface area (TPSA) is 0 Å². The van der Waals surface area contributed by atoms with E-state index in [0.717, 1.165) is 0 Å². The molecule has 5 heteroatoms. The van der Waals surface area contributed by atoms with Gasteiger partial charge in [0.05, 0.1) is 0 Å². The maximum Gasteiger partial charge on any atom is -1.00 e. The average Bonchev–Trinajstić information content (AvgIpc) is 3.16. The molecule has 236 valence electrons. The quantitative estimate of drug-likeness (QED) is 0.163. The summed E-state index contributed by atoms with van der Waals surface area (Å²) in [6.07, 6.45) is 13.0. The van der Waals surface area contributed by atoms with Crippen LogP contribution >= 0.6 is 0 Å². The molecule has 1 aliphatic carbocycles. The van der Waals surface area contributed by atoms with Crippen molar-refractivity contribution in [2.45, 2.75) is 109 Å². The summed E-state index contributed by atoms with van der Waals surface area (Å²) in [6.45, 7) is 11.8. The van der Waals surface area contributed by atoms with Crippen LogP contribution in [0.4, 0.5) is 0 Å². The molecule has 0 bridgehead atoms. The molecular weight excluding hydrogens is 651 g/mol. The second kappa shape index (κ2) is 20.2. The molecule has 3 aromatic carbocycles. The van der Waals surface area contributed by atoms with Crippen LogP contribution in [0.3, 0.4) is 0 Å². The molecule has 1 unspecified atom stereocenters. The van der Waals surface area contributed by atoms with Crippen molar-refractivity contribution in [2.24, 2.45) is 0 Å². The van der Waals surface area contributed by atoms with E-state index in [1.165, 1.54) is 87.0 Å². The van der Waals surface area contributed by atoms with Gasteiger partial charge in [0.2, 0.25) is 0 Å². The van der Waals surface area contributed by atoms with E-state index in [9.17, 15) is 0 Å². The number of aryl methyl sites for hydroxylation is 2. The summed E-state index contributed by atoms with van der Waals surface area (Å²) in [5.41, 5.74) is 10.8. The van der Waals surface area contributed by atoms with Gasteiger partial charge in [-0.15, -0.1) is 0 Å². The molecule has 0 nitrogen and oxygen atoms in total. The maximum atomic E-state index is 2.58. The summed E-state index contributed by atoms with van der Waals surface area (Å²) >= 11 is 2.57. The van der Waals surface area contributed by atoms with Gasteiger partial charge in [-0.05, 0) is 0 Å². The number of benzene rings is 3. The summed E-state index contributed by atoms with van der Waals surface area (Å²) < 4.78 is 0.0387. The number of unbranched alkanes of at least 4 members (excludes halogenated alkanes) is 6.